The van der Waals surface area contributed by atoms with Crippen LogP contribution in [0.3, 0.4) is 0 Å². The third-order valence-electron chi connectivity index (χ3n) is 4.14. The molecule has 1 aliphatic carbocycles. The monoisotopic (exact) mass is 407 g/mol. The van der Waals surface area contributed by atoms with Crippen LogP contribution in [0.4, 0.5) is 38.2 Å². The van der Waals surface area contributed by atoms with Crippen LogP contribution in [-0.2, 0) is 0 Å². The van der Waals surface area contributed by atoms with Crippen LogP contribution < -0.4 is 10.6 Å². The molecule has 1 fully saturated rings. The van der Waals surface area contributed by atoms with Gasteiger partial charge in [-0.25, -0.2) is 0 Å². The lowest BCUT2D eigenvalue weighted by molar-refractivity contribution is -0.139. The van der Waals surface area contributed by atoms with Gasteiger partial charge in [0.15, 0.2) is 0 Å². The van der Waals surface area contributed by atoms with E-state index in [1.165, 1.54) is 0 Å². The summed E-state index contributed by atoms with van der Waals surface area (Å²) in [6.45, 7) is 5.31. The predicted molar refractivity (Wildman–Crippen MR) is 91.5 cm³/mol. The molecule has 1 aliphatic rings. The molecule has 1 aromatic rings. The summed E-state index contributed by atoms with van der Waals surface area (Å²) in [7, 11) is 0. The first-order chi connectivity index (χ1) is 12.8. The van der Waals surface area contributed by atoms with Crippen LogP contribution in [0.25, 0.3) is 0 Å². The Kier molecular flexibility index (Phi) is 6.11. The topological polar surface area (TPSA) is 62.7 Å². The summed E-state index contributed by atoms with van der Waals surface area (Å²) in [4.78, 5) is 11.2. The van der Waals surface area contributed by atoms with Crippen molar-refractivity contribution in [1.82, 2.24) is 15.0 Å². The minimum atomic E-state index is -4.59. The van der Waals surface area contributed by atoms with Gasteiger partial charge in [0.25, 0.3) is 0 Å². The summed E-state index contributed by atoms with van der Waals surface area (Å²) < 4.78 is 76.6. The van der Waals surface area contributed by atoms with E-state index in [0.717, 1.165) is 26.7 Å². The summed E-state index contributed by atoms with van der Waals surface area (Å²) in [5, 5.41) is 4.04. The molecule has 0 aliphatic heterocycles. The molecule has 0 aromatic carbocycles. The fraction of sp³-hybridized carbons (Fsp3) is 0.588. The van der Waals surface area contributed by atoms with Crippen molar-refractivity contribution in [1.29, 1.82) is 0 Å². The van der Waals surface area contributed by atoms with E-state index in [-0.39, 0.29) is 11.2 Å². The molecule has 154 valence electrons. The standard InChI is InChI=1S/C17H19F6N5/c1-4-6-15(8-9-15)7-5-12-26-13(24-10(2)16(18,19)20)28-14(27-12)25-11(3)17(21,22)23/h4,10-11H,1,6,8-9H2,2-3H3,(H2,24,25,26,27,28)/t10-,11-/m1/s1. The van der Waals surface area contributed by atoms with Gasteiger partial charge in [-0.15, -0.1) is 6.58 Å². The van der Waals surface area contributed by atoms with E-state index in [1.807, 2.05) is 10.6 Å². The molecule has 28 heavy (non-hydrogen) atoms. The molecule has 1 saturated carbocycles. The third-order valence-corrected chi connectivity index (χ3v) is 4.14. The van der Waals surface area contributed by atoms with Gasteiger partial charge in [-0.1, -0.05) is 12.0 Å². The number of rotatable bonds is 6. The molecule has 0 amide bonds. The summed E-state index contributed by atoms with van der Waals surface area (Å²) in [5.41, 5.74) is -0.284. The zero-order chi connectivity index (χ0) is 21.2. The van der Waals surface area contributed by atoms with Crippen molar-refractivity contribution in [3.05, 3.63) is 18.5 Å². The Hall–Kier alpha value is -2.51. The third kappa shape index (κ3) is 6.00. The lowest BCUT2D eigenvalue weighted by Gasteiger charge is -2.19. The molecular weight excluding hydrogens is 388 g/mol. The van der Waals surface area contributed by atoms with Crippen molar-refractivity contribution in [2.45, 2.75) is 57.5 Å². The summed E-state index contributed by atoms with van der Waals surface area (Å²) in [5.74, 6) is 4.31. The number of hydrogen-bond donors (Lipinski definition) is 2. The molecule has 2 N–H and O–H groups in total. The van der Waals surface area contributed by atoms with Gasteiger partial charge in [0.2, 0.25) is 17.7 Å². The van der Waals surface area contributed by atoms with Crippen molar-refractivity contribution in [3.8, 4) is 11.8 Å². The SMILES string of the molecule is C=CCC1(C#Cc2nc(N[C@H](C)C(F)(F)F)nc(N[C@H](C)C(F)(F)F)n2)CC1. The second kappa shape index (κ2) is 7.85. The molecule has 0 bridgehead atoms. The van der Waals surface area contributed by atoms with Gasteiger partial charge >= 0.3 is 12.4 Å². The molecule has 1 heterocycles. The second-order valence-electron chi connectivity index (χ2n) is 6.64. The van der Waals surface area contributed by atoms with Gasteiger partial charge in [-0.2, -0.15) is 41.3 Å². The highest BCUT2D eigenvalue weighted by Gasteiger charge is 2.40. The maximum absolute atomic E-state index is 12.8. The van der Waals surface area contributed by atoms with Crippen LogP contribution >= 0.6 is 0 Å². The van der Waals surface area contributed by atoms with Crippen LogP contribution in [0, 0.1) is 17.3 Å². The molecule has 2 atom stereocenters. The van der Waals surface area contributed by atoms with E-state index in [1.54, 1.807) is 6.08 Å². The molecule has 5 nitrogen and oxygen atoms in total. The van der Waals surface area contributed by atoms with Crippen molar-refractivity contribution in [3.63, 3.8) is 0 Å². The Bertz CT molecular complexity index is 733. The van der Waals surface area contributed by atoms with Crippen LogP contribution in [0.5, 0.6) is 0 Å². The lowest BCUT2D eigenvalue weighted by atomic mass is 10.0. The Morgan fingerprint density at radius 2 is 1.46 bits per heavy atom. The van der Waals surface area contributed by atoms with E-state index in [4.69, 9.17) is 0 Å². The normalized spacial score (nSPS) is 17.7. The molecule has 0 radical (unpaired) electrons. The second-order valence-corrected chi connectivity index (χ2v) is 6.64. The van der Waals surface area contributed by atoms with Crippen LogP contribution in [0.15, 0.2) is 12.7 Å². The number of aromatic nitrogens is 3. The number of anilines is 2. The Labute approximate surface area is 158 Å². The average Bonchev–Trinajstić information content (AvgIpc) is 3.31. The highest BCUT2D eigenvalue weighted by Crippen LogP contribution is 2.48. The number of halogens is 6. The molecule has 1 aromatic heterocycles. The van der Waals surface area contributed by atoms with Gasteiger partial charge in [0, 0.05) is 5.41 Å². The maximum Gasteiger partial charge on any atom is 0.408 e. The van der Waals surface area contributed by atoms with Gasteiger partial charge in [-0.05, 0) is 39.0 Å². The summed E-state index contributed by atoms with van der Waals surface area (Å²) >= 11 is 0. The van der Waals surface area contributed by atoms with Crippen molar-refractivity contribution in [2.75, 3.05) is 10.6 Å². The maximum atomic E-state index is 12.8. The van der Waals surface area contributed by atoms with E-state index in [9.17, 15) is 26.3 Å². The number of nitrogens with one attached hydrogen (secondary N) is 2. The Morgan fingerprint density at radius 1 is 1.00 bits per heavy atom. The van der Waals surface area contributed by atoms with Gasteiger partial charge in [-0.3, -0.25) is 0 Å². The summed E-state index contributed by atoms with van der Waals surface area (Å²) in [6, 6.07) is -4.03. The van der Waals surface area contributed by atoms with Crippen LogP contribution in [0.1, 0.15) is 38.9 Å². The fourth-order valence-corrected chi connectivity index (χ4v) is 2.11. The molecule has 0 unspecified atom stereocenters. The van der Waals surface area contributed by atoms with E-state index < -0.39 is 36.3 Å². The quantitative estimate of drug-likeness (QED) is 0.418. The minimum Gasteiger partial charge on any atom is -0.343 e. The van der Waals surface area contributed by atoms with Gasteiger partial charge in [0.1, 0.15) is 12.1 Å². The molecule has 11 heteroatoms. The summed E-state index contributed by atoms with van der Waals surface area (Å²) in [6.07, 6.45) is -5.21. The number of hydrogen-bond acceptors (Lipinski definition) is 5. The van der Waals surface area contributed by atoms with Crippen molar-refractivity contribution in [2.24, 2.45) is 5.41 Å². The molecule has 2 rings (SSSR count). The Morgan fingerprint density at radius 3 is 1.82 bits per heavy atom. The first-order valence-electron chi connectivity index (χ1n) is 8.41. The minimum absolute atomic E-state index is 0.223. The number of nitrogens with zero attached hydrogens (tertiary/aromatic N) is 3. The van der Waals surface area contributed by atoms with E-state index >= 15 is 0 Å². The highest BCUT2D eigenvalue weighted by atomic mass is 19.4. The number of allylic oxidation sites excluding steroid dienone is 1. The smallest absolute Gasteiger partial charge is 0.343 e. The highest BCUT2D eigenvalue weighted by molar-refractivity contribution is 5.41. The van der Waals surface area contributed by atoms with E-state index in [0.29, 0.717) is 6.42 Å². The molecule has 0 saturated heterocycles. The average molecular weight is 407 g/mol. The first-order valence-corrected chi connectivity index (χ1v) is 8.41. The predicted octanol–water partition coefficient (Wildman–Crippen LogP) is 4.30. The van der Waals surface area contributed by atoms with Crippen molar-refractivity contribution >= 4 is 11.9 Å². The van der Waals surface area contributed by atoms with Gasteiger partial charge < -0.3 is 10.6 Å². The van der Waals surface area contributed by atoms with Crippen LogP contribution in [0.2, 0.25) is 0 Å². The zero-order valence-corrected chi connectivity index (χ0v) is 15.2. The number of alkyl halides is 6. The van der Waals surface area contributed by atoms with Crippen molar-refractivity contribution < 1.29 is 26.3 Å². The Balaban J connectivity index is 2.33. The molecular formula is C17H19F6N5. The molecule has 0 spiro atoms. The fourth-order valence-electron chi connectivity index (χ4n) is 2.11. The first kappa shape index (κ1) is 21.8. The van der Waals surface area contributed by atoms with E-state index in [2.05, 4.69) is 33.4 Å². The zero-order valence-electron chi connectivity index (χ0n) is 15.2. The largest absolute Gasteiger partial charge is 0.408 e. The lowest BCUT2D eigenvalue weighted by Crippen LogP contribution is -2.35. The van der Waals surface area contributed by atoms with Gasteiger partial charge in [0.05, 0.1) is 0 Å². The van der Waals surface area contributed by atoms with Crippen LogP contribution in [-0.4, -0.2) is 39.4 Å².